The first-order chi connectivity index (χ1) is 9.49. The first kappa shape index (κ1) is 14.0. The fourth-order valence-electron chi connectivity index (χ4n) is 2.10. The van der Waals surface area contributed by atoms with E-state index in [1.807, 2.05) is 6.07 Å². The highest BCUT2D eigenvalue weighted by Crippen LogP contribution is 2.38. The van der Waals surface area contributed by atoms with Crippen LogP contribution in [0.5, 0.6) is 0 Å². The Hall–Kier alpha value is -2.37. The molecule has 6 nitrogen and oxygen atoms in total. The van der Waals surface area contributed by atoms with Gasteiger partial charge in [0.25, 0.3) is 0 Å². The number of aliphatic carboxylic acids is 1. The van der Waals surface area contributed by atoms with E-state index in [9.17, 15) is 14.4 Å². The lowest BCUT2D eigenvalue weighted by molar-refractivity contribution is -0.140. The number of carbonyl (C=O) groups is 3. The van der Waals surface area contributed by atoms with Gasteiger partial charge in [0.15, 0.2) is 0 Å². The molecule has 2 atom stereocenters. The number of hydrogen-bond acceptors (Lipinski definition) is 3. The van der Waals surface area contributed by atoms with Crippen LogP contribution in [0.2, 0.25) is 0 Å². The first-order valence-corrected chi connectivity index (χ1v) is 6.38. The molecule has 20 heavy (non-hydrogen) atoms. The summed E-state index contributed by atoms with van der Waals surface area (Å²) in [6, 6.07) is 6.89. The van der Waals surface area contributed by atoms with Gasteiger partial charge in [0.05, 0.1) is 11.8 Å². The Morgan fingerprint density at radius 3 is 2.65 bits per heavy atom. The van der Waals surface area contributed by atoms with Crippen molar-refractivity contribution in [2.75, 3.05) is 6.54 Å². The molecule has 0 aromatic heterocycles. The molecule has 0 saturated heterocycles. The van der Waals surface area contributed by atoms with Gasteiger partial charge in [-0.25, -0.2) is 0 Å². The minimum atomic E-state index is -0.917. The van der Waals surface area contributed by atoms with Gasteiger partial charge in [-0.15, -0.1) is 0 Å². The second-order valence-corrected chi connectivity index (χ2v) is 4.89. The molecule has 4 N–H and O–H groups in total. The largest absolute Gasteiger partial charge is 0.481 e. The van der Waals surface area contributed by atoms with Gasteiger partial charge in [-0.3, -0.25) is 14.4 Å². The van der Waals surface area contributed by atoms with Crippen molar-refractivity contribution in [3.8, 4) is 0 Å². The lowest BCUT2D eigenvalue weighted by Crippen LogP contribution is -2.28. The Morgan fingerprint density at radius 1 is 1.30 bits per heavy atom. The average Bonchev–Trinajstić information content (AvgIpc) is 3.19. The molecule has 1 aromatic rings. The lowest BCUT2D eigenvalue weighted by atomic mass is 10.1. The topological polar surface area (TPSA) is 109 Å². The minimum Gasteiger partial charge on any atom is -0.481 e. The Morgan fingerprint density at radius 2 is 2.05 bits per heavy atom. The zero-order valence-electron chi connectivity index (χ0n) is 10.8. The van der Waals surface area contributed by atoms with E-state index in [-0.39, 0.29) is 5.91 Å². The number of carboxylic acid groups (broad SMARTS) is 1. The Balaban J connectivity index is 1.79. The van der Waals surface area contributed by atoms with Crippen LogP contribution in [0.3, 0.4) is 0 Å². The van der Waals surface area contributed by atoms with E-state index >= 15 is 0 Å². The molecule has 0 heterocycles. The number of amides is 2. The summed E-state index contributed by atoms with van der Waals surface area (Å²) >= 11 is 0. The summed E-state index contributed by atoms with van der Waals surface area (Å²) in [6.07, 6.45) is 0.982. The summed E-state index contributed by atoms with van der Waals surface area (Å²) in [7, 11) is 0. The summed E-state index contributed by atoms with van der Waals surface area (Å²) < 4.78 is 0. The Labute approximate surface area is 116 Å². The fraction of sp³-hybridized carbons (Fsp3) is 0.357. The number of rotatable bonds is 6. The van der Waals surface area contributed by atoms with Crippen LogP contribution in [-0.2, 0) is 16.0 Å². The van der Waals surface area contributed by atoms with Crippen molar-refractivity contribution >= 4 is 17.8 Å². The van der Waals surface area contributed by atoms with E-state index in [4.69, 9.17) is 10.8 Å². The van der Waals surface area contributed by atoms with E-state index in [0.29, 0.717) is 24.9 Å². The van der Waals surface area contributed by atoms with Crippen LogP contribution in [0.4, 0.5) is 0 Å². The number of primary amides is 1. The van der Waals surface area contributed by atoms with Gasteiger partial charge >= 0.3 is 5.97 Å². The van der Waals surface area contributed by atoms with Crippen molar-refractivity contribution in [3.05, 3.63) is 35.4 Å². The van der Waals surface area contributed by atoms with Crippen molar-refractivity contribution in [1.82, 2.24) is 5.32 Å². The van der Waals surface area contributed by atoms with Crippen molar-refractivity contribution in [2.45, 2.75) is 12.8 Å². The molecule has 2 rings (SSSR count). The van der Waals surface area contributed by atoms with Crippen molar-refractivity contribution in [3.63, 3.8) is 0 Å². The molecule has 1 aliphatic rings. The molecule has 1 aromatic carbocycles. The highest BCUT2D eigenvalue weighted by Gasteiger charge is 2.48. The van der Waals surface area contributed by atoms with Crippen LogP contribution >= 0.6 is 0 Å². The van der Waals surface area contributed by atoms with Crippen LogP contribution < -0.4 is 11.1 Å². The summed E-state index contributed by atoms with van der Waals surface area (Å²) in [6.45, 7) is 0.407. The van der Waals surface area contributed by atoms with E-state index in [1.54, 1.807) is 18.2 Å². The number of nitrogens with one attached hydrogen (secondary N) is 1. The van der Waals surface area contributed by atoms with Gasteiger partial charge in [0, 0.05) is 12.1 Å². The molecule has 106 valence electrons. The second-order valence-electron chi connectivity index (χ2n) is 4.89. The summed E-state index contributed by atoms with van der Waals surface area (Å²) in [5.74, 6) is -2.56. The molecule has 0 radical (unpaired) electrons. The maximum Gasteiger partial charge on any atom is 0.307 e. The van der Waals surface area contributed by atoms with E-state index in [0.717, 1.165) is 5.56 Å². The maximum absolute atomic E-state index is 11.6. The Bertz CT molecular complexity index is 556. The molecule has 0 spiro atoms. The zero-order chi connectivity index (χ0) is 14.7. The average molecular weight is 276 g/mol. The highest BCUT2D eigenvalue weighted by molar-refractivity contribution is 5.93. The smallest absolute Gasteiger partial charge is 0.307 e. The highest BCUT2D eigenvalue weighted by atomic mass is 16.4. The van der Waals surface area contributed by atoms with Crippen molar-refractivity contribution < 1.29 is 19.5 Å². The normalized spacial score (nSPS) is 20.2. The third-order valence-electron chi connectivity index (χ3n) is 3.37. The predicted octanol–water partition coefficient (Wildman–Crippen LogP) is 0.165. The van der Waals surface area contributed by atoms with Gasteiger partial charge in [-0.05, 0) is 30.5 Å². The van der Waals surface area contributed by atoms with Crippen LogP contribution in [0.15, 0.2) is 24.3 Å². The fourth-order valence-corrected chi connectivity index (χ4v) is 2.10. The number of hydrogen-bond donors (Lipinski definition) is 3. The molecule has 1 fully saturated rings. The maximum atomic E-state index is 11.6. The third kappa shape index (κ3) is 3.34. The molecule has 1 saturated carbocycles. The standard InChI is InChI=1S/C14H16N2O4/c15-12(17)9-3-1-2-8(6-9)4-5-16-13(18)10-7-11(10)14(19)20/h1-3,6,10-11H,4-5,7H2,(H2,15,17)(H,16,18)(H,19,20)/t10-,11-/m0/s1. The molecule has 1 aliphatic carbocycles. The van der Waals surface area contributed by atoms with E-state index in [1.165, 1.54) is 0 Å². The predicted molar refractivity (Wildman–Crippen MR) is 70.9 cm³/mol. The lowest BCUT2D eigenvalue weighted by Gasteiger charge is -2.05. The van der Waals surface area contributed by atoms with Gasteiger partial charge in [-0.1, -0.05) is 12.1 Å². The summed E-state index contributed by atoms with van der Waals surface area (Å²) in [5.41, 5.74) is 6.51. The van der Waals surface area contributed by atoms with E-state index < -0.39 is 23.7 Å². The molecule has 0 bridgehead atoms. The molecule has 0 unspecified atom stereocenters. The van der Waals surface area contributed by atoms with Crippen LogP contribution in [-0.4, -0.2) is 29.4 Å². The number of carboxylic acids is 1. The molecular formula is C14H16N2O4. The summed E-state index contributed by atoms with van der Waals surface area (Å²) in [4.78, 5) is 33.3. The van der Waals surface area contributed by atoms with Crippen LogP contribution in [0.1, 0.15) is 22.3 Å². The number of benzene rings is 1. The minimum absolute atomic E-state index is 0.219. The number of carbonyl (C=O) groups excluding carboxylic acids is 2. The first-order valence-electron chi connectivity index (χ1n) is 6.38. The van der Waals surface area contributed by atoms with Gasteiger partial charge < -0.3 is 16.2 Å². The third-order valence-corrected chi connectivity index (χ3v) is 3.37. The van der Waals surface area contributed by atoms with Crippen molar-refractivity contribution in [2.24, 2.45) is 17.6 Å². The molecular weight excluding hydrogens is 260 g/mol. The quantitative estimate of drug-likeness (QED) is 0.687. The van der Waals surface area contributed by atoms with Crippen LogP contribution in [0.25, 0.3) is 0 Å². The van der Waals surface area contributed by atoms with Crippen LogP contribution in [0, 0.1) is 11.8 Å². The van der Waals surface area contributed by atoms with E-state index in [2.05, 4.69) is 5.32 Å². The molecule has 2 amide bonds. The van der Waals surface area contributed by atoms with Gasteiger partial charge in [0.1, 0.15) is 0 Å². The monoisotopic (exact) mass is 276 g/mol. The molecule has 6 heteroatoms. The van der Waals surface area contributed by atoms with Crippen molar-refractivity contribution in [1.29, 1.82) is 0 Å². The SMILES string of the molecule is NC(=O)c1cccc(CCNC(=O)[C@H]2C[C@@H]2C(=O)O)c1. The molecule has 0 aliphatic heterocycles. The second kappa shape index (κ2) is 5.73. The number of nitrogens with two attached hydrogens (primary N) is 1. The van der Waals surface area contributed by atoms with Gasteiger partial charge in [-0.2, -0.15) is 0 Å². The summed E-state index contributed by atoms with van der Waals surface area (Å²) in [5, 5.41) is 11.4. The zero-order valence-corrected chi connectivity index (χ0v) is 10.8. The van der Waals surface area contributed by atoms with Gasteiger partial charge in [0.2, 0.25) is 11.8 Å². The Kier molecular flexibility index (Phi) is 4.02.